The van der Waals surface area contributed by atoms with Gasteiger partial charge in [0.25, 0.3) is 0 Å². The summed E-state index contributed by atoms with van der Waals surface area (Å²) in [5, 5.41) is 9.77. The molecule has 1 aromatic heterocycles. The van der Waals surface area contributed by atoms with E-state index >= 15 is 0 Å². The Morgan fingerprint density at radius 1 is 1.40 bits per heavy atom. The molecule has 0 aliphatic carbocycles. The number of nitrogens with zero attached hydrogens (tertiary/aromatic N) is 1. The molecule has 0 saturated heterocycles. The van der Waals surface area contributed by atoms with Crippen molar-refractivity contribution in [3.05, 3.63) is 41.6 Å². The van der Waals surface area contributed by atoms with Crippen molar-refractivity contribution in [2.75, 3.05) is 0 Å². The van der Waals surface area contributed by atoms with Gasteiger partial charge < -0.3 is 5.11 Å². The molecule has 1 N–H and O–H groups in total. The Morgan fingerprint density at radius 2 is 2.13 bits per heavy atom. The Labute approximate surface area is 87.4 Å². The molecule has 0 aliphatic rings. The van der Waals surface area contributed by atoms with E-state index in [-0.39, 0.29) is 6.42 Å². The number of aromatic nitrogens is 1. The molecule has 0 unspecified atom stereocenters. The first-order valence-electron chi connectivity index (χ1n) is 4.74. The molecule has 76 valence electrons. The van der Waals surface area contributed by atoms with E-state index in [4.69, 9.17) is 5.11 Å². The largest absolute Gasteiger partial charge is 0.481 e. The normalized spacial score (nSPS) is 10.5. The molecule has 2 rings (SSSR count). The monoisotopic (exact) mass is 201 g/mol. The molecule has 0 aliphatic heterocycles. The molecule has 3 nitrogen and oxygen atoms in total. The zero-order valence-electron chi connectivity index (χ0n) is 8.40. The molecular formula is C12H11NO2. The first-order valence-corrected chi connectivity index (χ1v) is 4.74. The van der Waals surface area contributed by atoms with Crippen LogP contribution in [0, 0.1) is 6.92 Å². The fourth-order valence-corrected chi connectivity index (χ4v) is 1.58. The van der Waals surface area contributed by atoms with E-state index in [2.05, 4.69) is 4.98 Å². The van der Waals surface area contributed by atoms with Crippen molar-refractivity contribution in [2.45, 2.75) is 13.3 Å². The molecule has 2 aromatic rings. The van der Waals surface area contributed by atoms with Crippen LogP contribution in [0.5, 0.6) is 0 Å². The Bertz CT molecular complexity index is 520. The number of pyridine rings is 1. The smallest absolute Gasteiger partial charge is 0.309 e. The van der Waals surface area contributed by atoms with Gasteiger partial charge in [0.2, 0.25) is 0 Å². The van der Waals surface area contributed by atoms with Crippen molar-refractivity contribution in [1.29, 1.82) is 0 Å². The molecule has 0 atom stereocenters. The number of hydrogen-bond donors (Lipinski definition) is 1. The topological polar surface area (TPSA) is 50.2 Å². The lowest BCUT2D eigenvalue weighted by atomic mass is 10.1. The summed E-state index contributed by atoms with van der Waals surface area (Å²) in [5.74, 6) is -0.846. The SMILES string of the molecule is Cc1cc2ccccc2nc1CC(=O)O. The van der Waals surface area contributed by atoms with Crippen LogP contribution in [0.15, 0.2) is 30.3 Å². The maximum Gasteiger partial charge on any atom is 0.309 e. The highest BCUT2D eigenvalue weighted by atomic mass is 16.4. The van der Waals surface area contributed by atoms with Crippen LogP contribution in [-0.2, 0) is 11.2 Å². The number of fused-ring (bicyclic) bond motifs is 1. The zero-order valence-corrected chi connectivity index (χ0v) is 8.40. The minimum absolute atomic E-state index is 0.0172. The third kappa shape index (κ3) is 1.96. The Balaban J connectivity index is 2.56. The minimum atomic E-state index is -0.846. The quantitative estimate of drug-likeness (QED) is 0.810. The van der Waals surface area contributed by atoms with E-state index in [0.29, 0.717) is 5.69 Å². The Hall–Kier alpha value is -1.90. The summed E-state index contributed by atoms with van der Waals surface area (Å²) in [5.41, 5.74) is 2.41. The Morgan fingerprint density at radius 3 is 2.87 bits per heavy atom. The van der Waals surface area contributed by atoms with Gasteiger partial charge in [0.15, 0.2) is 0 Å². The fourth-order valence-electron chi connectivity index (χ4n) is 1.58. The number of carbonyl (C=O) groups is 1. The summed E-state index contributed by atoms with van der Waals surface area (Å²) >= 11 is 0. The van der Waals surface area contributed by atoms with Crippen molar-refractivity contribution in [1.82, 2.24) is 4.98 Å². The number of benzene rings is 1. The highest BCUT2D eigenvalue weighted by Crippen LogP contribution is 2.16. The molecule has 15 heavy (non-hydrogen) atoms. The second-order valence-electron chi connectivity index (χ2n) is 3.52. The van der Waals surface area contributed by atoms with Crippen LogP contribution in [0.1, 0.15) is 11.3 Å². The second-order valence-corrected chi connectivity index (χ2v) is 3.52. The van der Waals surface area contributed by atoms with E-state index in [9.17, 15) is 4.79 Å². The first-order chi connectivity index (χ1) is 7.16. The van der Waals surface area contributed by atoms with Gasteiger partial charge in [-0.05, 0) is 24.6 Å². The summed E-state index contributed by atoms with van der Waals surface area (Å²) in [6.45, 7) is 1.89. The number of rotatable bonds is 2. The molecular weight excluding hydrogens is 190 g/mol. The minimum Gasteiger partial charge on any atom is -0.481 e. The number of aryl methyl sites for hydroxylation is 1. The van der Waals surface area contributed by atoms with Gasteiger partial charge >= 0.3 is 5.97 Å². The number of carboxylic acid groups (broad SMARTS) is 1. The summed E-state index contributed by atoms with van der Waals surface area (Å²) in [6, 6.07) is 9.68. The summed E-state index contributed by atoms with van der Waals surface area (Å²) < 4.78 is 0. The van der Waals surface area contributed by atoms with Crippen molar-refractivity contribution in [2.24, 2.45) is 0 Å². The van der Waals surface area contributed by atoms with Crippen LogP contribution in [0.2, 0.25) is 0 Å². The summed E-state index contributed by atoms with van der Waals surface area (Å²) in [6.07, 6.45) is -0.0172. The second kappa shape index (κ2) is 3.69. The molecule has 0 amide bonds. The van der Waals surface area contributed by atoms with Crippen LogP contribution in [0.3, 0.4) is 0 Å². The zero-order chi connectivity index (χ0) is 10.8. The lowest BCUT2D eigenvalue weighted by molar-refractivity contribution is -0.136. The van der Waals surface area contributed by atoms with E-state index in [1.807, 2.05) is 37.3 Å². The van der Waals surface area contributed by atoms with Gasteiger partial charge in [-0.15, -0.1) is 0 Å². The average molecular weight is 201 g/mol. The molecule has 0 saturated carbocycles. The van der Waals surface area contributed by atoms with Gasteiger partial charge in [0.1, 0.15) is 0 Å². The van der Waals surface area contributed by atoms with Crippen molar-refractivity contribution in [3.63, 3.8) is 0 Å². The van der Waals surface area contributed by atoms with Crippen LogP contribution in [0.4, 0.5) is 0 Å². The molecule has 3 heteroatoms. The maximum absolute atomic E-state index is 10.6. The predicted octanol–water partition coefficient (Wildman–Crippen LogP) is 2.17. The highest BCUT2D eigenvalue weighted by molar-refractivity contribution is 5.80. The number of carboxylic acids is 1. The van der Waals surface area contributed by atoms with Gasteiger partial charge in [0.05, 0.1) is 17.6 Å². The maximum atomic E-state index is 10.6. The summed E-state index contributed by atoms with van der Waals surface area (Å²) in [7, 11) is 0. The van der Waals surface area contributed by atoms with Gasteiger partial charge in [-0.3, -0.25) is 9.78 Å². The lowest BCUT2D eigenvalue weighted by Crippen LogP contribution is -2.04. The van der Waals surface area contributed by atoms with E-state index in [1.54, 1.807) is 0 Å². The predicted molar refractivity (Wildman–Crippen MR) is 57.8 cm³/mol. The fraction of sp³-hybridized carbons (Fsp3) is 0.167. The molecule has 0 fully saturated rings. The number of aliphatic carboxylic acids is 1. The van der Waals surface area contributed by atoms with Gasteiger partial charge in [-0.25, -0.2) is 0 Å². The van der Waals surface area contributed by atoms with Gasteiger partial charge in [-0.1, -0.05) is 18.2 Å². The van der Waals surface area contributed by atoms with Gasteiger partial charge in [-0.2, -0.15) is 0 Å². The molecule has 0 spiro atoms. The lowest BCUT2D eigenvalue weighted by Gasteiger charge is -2.04. The highest BCUT2D eigenvalue weighted by Gasteiger charge is 2.06. The molecule has 1 heterocycles. The standard InChI is InChI=1S/C12H11NO2/c1-8-6-9-4-2-3-5-10(9)13-11(8)7-12(14)15/h2-6H,7H2,1H3,(H,14,15). The van der Waals surface area contributed by atoms with Gasteiger partial charge in [0, 0.05) is 5.39 Å². The third-order valence-electron chi connectivity index (χ3n) is 2.34. The van der Waals surface area contributed by atoms with Crippen LogP contribution in [-0.4, -0.2) is 16.1 Å². The first kappa shape index (κ1) is 9.65. The van der Waals surface area contributed by atoms with E-state index in [1.165, 1.54) is 0 Å². The van der Waals surface area contributed by atoms with Crippen molar-refractivity contribution >= 4 is 16.9 Å². The van der Waals surface area contributed by atoms with E-state index < -0.39 is 5.97 Å². The Kier molecular flexibility index (Phi) is 2.37. The molecule has 1 aromatic carbocycles. The van der Waals surface area contributed by atoms with Crippen LogP contribution >= 0.6 is 0 Å². The molecule has 0 bridgehead atoms. The number of para-hydroxylation sites is 1. The molecule has 0 radical (unpaired) electrons. The third-order valence-corrected chi connectivity index (χ3v) is 2.34. The summed E-state index contributed by atoms with van der Waals surface area (Å²) in [4.78, 5) is 15.0. The van der Waals surface area contributed by atoms with Crippen molar-refractivity contribution in [3.8, 4) is 0 Å². The number of hydrogen-bond acceptors (Lipinski definition) is 2. The van der Waals surface area contributed by atoms with E-state index in [0.717, 1.165) is 16.5 Å². The average Bonchev–Trinajstić information content (AvgIpc) is 2.18. The van der Waals surface area contributed by atoms with Crippen LogP contribution in [0.25, 0.3) is 10.9 Å². The van der Waals surface area contributed by atoms with Crippen molar-refractivity contribution < 1.29 is 9.90 Å². The van der Waals surface area contributed by atoms with Crippen LogP contribution < -0.4 is 0 Å².